The number of para-hydroxylation sites is 1. The number of likely N-dealkylation sites (N-methyl/N-ethyl adjacent to an activating group) is 1. The summed E-state index contributed by atoms with van der Waals surface area (Å²) < 4.78 is 0. The Bertz CT molecular complexity index is 532. The molecule has 6 nitrogen and oxygen atoms in total. The van der Waals surface area contributed by atoms with Crippen molar-refractivity contribution in [2.45, 2.75) is 25.4 Å². The number of hydrogen-bond acceptors (Lipinski definition) is 3. The maximum absolute atomic E-state index is 12.5. The van der Waals surface area contributed by atoms with Gasteiger partial charge >= 0.3 is 12.0 Å². The number of aliphatic hydroxyl groups is 1. The SMILES string of the molecule is CC(CO)N(C)C(=O)N1c2ccccc2CC1C(=O)O. The fraction of sp³-hybridized carbons (Fsp3) is 0.429. The first kappa shape index (κ1) is 14.3. The van der Waals surface area contributed by atoms with Gasteiger partial charge in [-0.05, 0) is 18.6 Å². The number of carboxylic acids is 1. The van der Waals surface area contributed by atoms with E-state index in [1.54, 1.807) is 26.1 Å². The van der Waals surface area contributed by atoms with Crippen LogP contribution in [-0.4, -0.2) is 52.9 Å². The molecule has 1 aliphatic heterocycles. The van der Waals surface area contributed by atoms with Crippen LogP contribution in [0.15, 0.2) is 24.3 Å². The zero-order valence-electron chi connectivity index (χ0n) is 11.5. The van der Waals surface area contributed by atoms with E-state index in [0.29, 0.717) is 12.1 Å². The first-order valence-electron chi connectivity index (χ1n) is 6.45. The van der Waals surface area contributed by atoms with Gasteiger partial charge in [-0.25, -0.2) is 9.59 Å². The summed E-state index contributed by atoms with van der Waals surface area (Å²) in [6.07, 6.45) is 0.304. The molecule has 0 aromatic heterocycles. The molecule has 0 radical (unpaired) electrons. The highest BCUT2D eigenvalue weighted by atomic mass is 16.4. The molecule has 6 heteroatoms. The molecule has 108 valence electrons. The van der Waals surface area contributed by atoms with Gasteiger partial charge in [-0.15, -0.1) is 0 Å². The maximum Gasteiger partial charge on any atom is 0.327 e. The summed E-state index contributed by atoms with van der Waals surface area (Å²) in [6, 6.07) is 5.49. The van der Waals surface area contributed by atoms with Crippen LogP contribution in [0, 0.1) is 0 Å². The van der Waals surface area contributed by atoms with Gasteiger partial charge < -0.3 is 15.1 Å². The number of carboxylic acid groups (broad SMARTS) is 1. The van der Waals surface area contributed by atoms with Gasteiger partial charge in [-0.2, -0.15) is 0 Å². The Labute approximate surface area is 117 Å². The first-order chi connectivity index (χ1) is 9.47. The number of aliphatic carboxylic acids is 1. The molecule has 2 N–H and O–H groups in total. The number of aliphatic hydroxyl groups excluding tert-OH is 1. The van der Waals surface area contributed by atoms with Crippen LogP contribution in [0.3, 0.4) is 0 Å². The predicted octanol–water partition coefficient (Wildman–Crippen LogP) is 0.935. The second kappa shape index (κ2) is 5.50. The normalized spacial score (nSPS) is 18.6. The van der Waals surface area contributed by atoms with Crippen molar-refractivity contribution in [3.05, 3.63) is 29.8 Å². The summed E-state index contributed by atoms with van der Waals surface area (Å²) in [5.74, 6) is -1.03. The van der Waals surface area contributed by atoms with Gasteiger partial charge in [0.05, 0.1) is 12.6 Å². The molecule has 1 aromatic carbocycles. The Kier molecular flexibility index (Phi) is 3.94. The Morgan fingerprint density at radius 1 is 1.45 bits per heavy atom. The van der Waals surface area contributed by atoms with Gasteiger partial charge in [0.25, 0.3) is 0 Å². The molecule has 0 aliphatic carbocycles. The fourth-order valence-electron chi connectivity index (χ4n) is 2.30. The van der Waals surface area contributed by atoms with Gasteiger partial charge in [0.15, 0.2) is 0 Å². The van der Waals surface area contributed by atoms with Gasteiger partial charge in [0.2, 0.25) is 0 Å². The van der Waals surface area contributed by atoms with Crippen LogP contribution in [-0.2, 0) is 11.2 Å². The molecule has 20 heavy (non-hydrogen) atoms. The summed E-state index contributed by atoms with van der Waals surface area (Å²) in [7, 11) is 1.56. The van der Waals surface area contributed by atoms with Crippen LogP contribution in [0.1, 0.15) is 12.5 Å². The standard InChI is InChI=1S/C14H18N2O4/c1-9(8-17)15(2)14(20)16-11-6-4-3-5-10(11)7-12(16)13(18)19/h3-6,9,12,17H,7-8H2,1-2H3,(H,18,19). The van der Waals surface area contributed by atoms with Crippen molar-refractivity contribution in [2.24, 2.45) is 0 Å². The van der Waals surface area contributed by atoms with Gasteiger partial charge in [0.1, 0.15) is 6.04 Å². The summed E-state index contributed by atoms with van der Waals surface area (Å²) in [4.78, 5) is 26.5. The lowest BCUT2D eigenvalue weighted by atomic mass is 10.1. The largest absolute Gasteiger partial charge is 0.480 e. The number of anilines is 1. The molecular formula is C14H18N2O4. The molecule has 0 saturated carbocycles. The third-order valence-corrected chi connectivity index (χ3v) is 3.69. The first-order valence-corrected chi connectivity index (χ1v) is 6.45. The molecule has 2 unspecified atom stereocenters. The number of nitrogens with zero attached hydrogens (tertiary/aromatic N) is 2. The van der Waals surface area contributed by atoms with Crippen molar-refractivity contribution in [3.63, 3.8) is 0 Å². The minimum atomic E-state index is -1.03. The van der Waals surface area contributed by atoms with E-state index in [1.807, 2.05) is 12.1 Å². The molecule has 1 aromatic rings. The van der Waals surface area contributed by atoms with Crippen LogP contribution < -0.4 is 4.90 Å². The van der Waals surface area contributed by atoms with Crippen molar-refractivity contribution in [2.75, 3.05) is 18.6 Å². The Morgan fingerprint density at radius 2 is 2.10 bits per heavy atom. The lowest BCUT2D eigenvalue weighted by Crippen LogP contribution is -2.51. The molecular weight excluding hydrogens is 260 g/mol. The van der Waals surface area contributed by atoms with Crippen molar-refractivity contribution in [3.8, 4) is 0 Å². The third-order valence-electron chi connectivity index (χ3n) is 3.69. The Morgan fingerprint density at radius 3 is 2.70 bits per heavy atom. The Balaban J connectivity index is 2.36. The van der Waals surface area contributed by atoms with Crippen LogP contribution >= 0.6 is 0 Å². The molecule has 2 rings (SSSR count). The number of carbonyl (C=O) groups excluding carboxylic acids is 1. The van der Waals surface area contributed by atoms with E-state index in [9.17, 15) is 14.7 Å². The Hall–Kier alpha value is -2.08. The third kappa shape index (κ3) is 2.34. The van der Waals surface area contributed by atoms with Crippen LogP contribution in [0.5, 0.6) is 0 Å². The second-order valence-electron chi connectivity index (χ2n) is 4.98. The number of urea groups is 1. The molecule has 0 fully saturated rings. The molecule has 0 spiro atoms. The number of carbonyl (C=O) groups is 2. The zero-order valence-corrected chi connectivity index (χ0v) is 11.5. The van der Waals surface area contributed by atoms with E-state index >= 15 is 0 Å². The van der Waals surface area contributed by atoms with E-state index in [2.05, 4.69) is 0 Å². The summed E-state index contributed by atoms with van der Waals surface area (Å²) in [6.45, 7) is 1.53. The van der Waals surface area contributed by atoms with Gasteiger partial charge in [-0.1, -0.05) is 18.2 Å². The van der Waals surface area contributed by atoms with Gasteiger partial charge in [0, 0.05) is 19.2 Å². The maximum atomic E-state index is 12.5. The topological polar surface area (TPSA) is 81.1 Å². The number of rotatable bonds is 3. The minimum absolute atomic E-state index is 0.171. The van der Waals surface area contributed by atoms with E-state index in [0.717, 1.165) is 5.56 Å². The summed E-state index contributed by atoms with van der Waals surface area (Å²) >= 11 is 0. The van der Waals surface area contributed by atoms with Crippen molar-refractivity contribution >= 4 is 17.7 Å². The number of benzene rings is 1. The van der Waals surface area contributed by atoms with Crippen molar-refractivity contribution in [1.82, 2.24) is 4.90 Å². The molecule has 1 heterocycles. The molecule has 1 aliphatic rings. The summed E-state index contributed by atoms with van der Waals surface area (Å²) in [5.41, 5.74) is 1.47. The number of hydrogen-bond donors (Lipinski definition) is 2. The van der Waals surface area contributed by atoms with E-state index < -0.39 is 18.0 Å². The van der Waals surface area contributed by atoms with Crippen molar-refractivity contribution < 1.29 is 19.8 Å². The van der Waals surface area contributed by atoms with Gasteiger partial charge in [-0.3, -0.25) is 4.90 Å². The lowest BCUT2D eigenvalue weighted by molar-refractivity contribution is -0.138. The monoisotopic (exact) mass is 278 g/mol. The quantitative estimate of drug-likeness (QED) is 0.862. The highest BCUT2D eigenvalue weighted by Gasteiger charge is 2.40. The lowest BCUT2D eigenvalue weighted by Gasteiger charge is -2.31. The predicted molar refractivity (Wildman–Crippen MR) is 73.8 cm³/mol. The zero-order chi connectivity index (χ0) is 14.9. The fourth-order valence-corrected chi connectivity index (χ4v) is 2.30. The van der Waals surface area contributed by atoms with Crippen LogP contribution in [0.4, 0.5) is 10.5 Å². The van der Waals surface area contributed by atoms with Crippen LogP contribution in [0.25, 0.3) is 0 Å². The van der Waals surface area contributed by atoms with E-state index in [-0.39, 0.29) is 12.6 Å². The molecule has 2 amide bonds. The highest BCUT2D eigenvalue weighted by molar-refractivity contribution is 6.01. The molecule has 0 bridgehead atoms. The minimum Gasteiger partial charge on any atom is -0.480 e. The number of fused-ring (bicyclic) bond motifs is 1. The van der Waals surface area contributed by atoms with E-state index in [1.165, 1.54) is 9.80 Å². The average Bonchev–Trinajstić information content (AvgIpc) is 2.84. The van der Waals surface area contributed by atoms with Crippen LogP contribution in [0.2, 0.25) is 0 Å². The summed E-state index contributed by atoms with van der Waals surface area (Å²) in [5, 5.41) is 18.5. The molecule has 0 saturated heterocycles. The molecule has 2 atom stereocenters. The van der Waals surface area contributed by atoms with E-state index in [4.69, 9.17) is 5.11 Å². The average molecular weight is 278 g/mol. The second-order valence-corrected chi connectivity index (χ2v) is 4.98. The number of amides is 2. The smallest absolute Gasteiger partial charge is 0.327 e. The van der Waals surface area contributed by atoms with Crippen molar-refractivity contribution in [1.29, 1.82) is 0 Å². The highest BCUT2D eigenvalue weighted by Crippen LogP contribution is 2.33.